The second kappa shape index (κ2) is 9.16. The number of amides is 2. The summed E-state index contributed by atoms with van der Waals surface area (Å²) in [7, 11) is 0. The van der Waals surface area contributed by atoms with Crippen LogP contribution in [0.25, 0.3) is 0 Å². The Morgan fingerprint density at radius 2 is 1.78 bits per heavy atom. The van der Waals surface area contributed by atoms with Crippen LogP contribution in [0.1, 0.15) is 54.0 Å². The number of benzene rings is 1. The molecule has 8 heteroatoms. The average Bonchev–Trinajstić information content (AvgIpc) is 2.97. The van der Waals surface area contributed by atoms with Crippen molar-refractivity contribution in [1.82, 2.24) is 15.8 Å². The van der Waals surface area contributed by atoms with Crippen molar-refractivity contribution >= 4 is 11.8 Å². The summed E-state index contributed by atoms with van der Waals surface area (Å²) >= 11 is 0. The smallest absolute Gasteiger partial charge is 0.308 e. The minimum absolute atomic E-state index is 0.0637. The van der Waals surface area contributed by atoms with E-state index in [-0.39, 0.29) is 41.2 Å². The summed E-state index contributed by atoms with van der Waals surface area (Å²) in [5, 5.41) is 19.9. The molecular formula is C19H26N4O4. The first kappa shape index (κ1) is 20.4. The van der Waals surface area contributed by atoms with Crippen molar-refractivity contribution in [2.24, 2.45) is 5.92 Å². The molecule has 2 rings (SSSR count). The predicted octanol–water partition coefficient (Wildman–Crippen LogP) is 1.46. The summed E-state index contributed by atoms with van der Waals surface area (Å²) in [6.45, 7) is 8.12. The maximum absolute atomic E-state index is 12.3. The number of hydrogen-bond acceptors (Lipinski definition) is 5. The van der Waals surface area contributed by atoms with Gasteiger partial charge < -0.3 is 15.8 Å². The molecule has 27 heavy (non-hydrogen) atoms. The van der Waals surface area contributed by atoms with Crippen LogP contribution in [-0.4, -0.2) is 30.1 Å². The number of aromatic nitrogens is 2. The minimum atomic E-state index is -0.520. The molecule has 1 atom stereocenters. The summed E-state index contributed by atoms with van der Waals surface area (Å²) in [6.07, 6.45) is 1.01. The molecule has 2 N–H and O–H groups in total. The van der Waals surface area contributed by atoms with Gasteiger partial charge in [0.25, 0.3) is 0 Å². The lowest BCUT2D eigenvalue weighted by atomic mass is 9.96. The molecule has 2 aromatic rings. The molecule has 146 valence electrons. The van der Waals surface area contributed by atoms with Crippen molar-refractivity contribution in [2.75, 3.05) is 13.1 Å². The first-order chi connectivity index (χ1) is 12.8. The highest BCUT2D eigenvalue weighted by Gasteiger charge is 2.22. The number of carbonyl (C=O) groups is 2. The number of carbonyl (C=O) groups excluding carboxylic acids is 2. The fourth-order valence-corrected chi connectivity index (χ4v) is 2.66. The highest BCUT2D eigenvalue weighted by molar-refractivity contribution is 5.92. The number of nitrogens with zero attached hydrogens (tertiary/aromatic N) is 2. The summed E-state index contributed by atoms with van der Waals surface area (Å²) in [5.41, 5.74) is 2.23. The predicted molar refractivity (Wildman–Crippen MR) is 98.9 cm³/mol. The zero-order valence-corrected chi connectivity index (χ0v) is 16.1. The van der Waals surface area contributed by atoms with Crippen LogP contribution in [0.15, 0.2) is 28.9 Å². The second-order valence-corrected chi connectivity index (χ2v) is 6.97. The van der Waals surface area contributed by atoms with E-state index < -0.39 is 5.91 Å². The van der Waals surface area contributed by atoms with E-state index in [4.69, 9.17) is 0 Å². The number of hydrogen-bond donors (Lipinski definition) is 2. The van der Waals surface area contributed by atoms with Crippen LogP contribution in [0.3, 0.4) is 0 Å². The van der Waals surface area contributed by atoms with Crippen LogP contribution in [-0.2, 0) is 11.2 Å². The van der Waals surface area contributed by atoms with Gasteiger partial charge in [0, 0.05) is 20.0 Å². The third kappa shape index (κ3) is 5.54. The third-order valence-electron chi connectivity index (χ3n) is 4.26. The Bertz CT molecular complexity index is 784. The Hall–Kier alpha value is -2.90. The van der Waals surface area contributed by atoms with E-state index in [9.17, 15) is 14.8 Å². The van der Waals surface area contributed by atoms with Gasteiger partial charge in [-0.05, 0) is 35.3 Å². The van der Waals surface area contributed by atoms with E-state index in [1.54, 1.807) is 0 Å². The molecule has 1 aromatic heterocycles. The topological polar surface area (TPSA) is 111 Å². The van der Waals surface area contributed by atoms with E-state index in [1.165, 1.54) is 12.5 Å². The lowest BCUT2D eigenvalue weighted by molar-refractivity contribution is -0.806. The summed E-state index contributed by atoms with van der Waals surface area (Å²) < 4.78 is 4.35. The maximum Gasteiger partial charge on any atom is 0.308 e. The highest BCUT2D eigenvalue weighted by Crippen LogP contribution is 2.17. The maximum atomic E-state index is 12.3. The molecule has 0 aliphatic carbocycles. The van der Waals surface area contributed by atoms with Crippen molar-refractivity contribution in [1.29, 1.82) is 0 Å². The molecule has 0 fully saturated rings. The van der Waals surface area contributed by atoms with Crippen molar-refractivity contribution < 1.29 is 19.1 Å². The Morgan fingerprint density at radius 3 is 2.33 bits per heavy atom. The van der Waals surface area contributed by atoms with Crippen molar-refractivity contribution in [2.45, 2.75) is 40.0 Å². The van der Waals surface area contributed by atoms with Crippen LogP contribution >= 0.6 is 0 Å². The van der Waals surface area contributed by atoms with Gasteiger partial charge in [0.05, 0.1) is 11.1 Å². The second-order valence-electron chi connectivity index (χ2n) is 6.97. The van der Waals surface area contributed by atoms with Crippen molar-refractivity contribution in [3.8, 4) is 0 Å². The van der Waals surface area contributed by atoms with Crippen LogP contribution in [0, 0.1) is 18.0 Å². The van der Waals surface area contributed by atoms with Crippen LogP contribution in [0.4, 0.5) is 0 Å². The zero-order chi connectivity index (χ0) is 20.0. The van der Waals surface area contributed by atoms with E-state index in [1.807, 2.05) is 19.1 Å². The summed E-state index contributed by atoms with van der Waals surface area (Å²) in [6, 6.07) is 8.08. The molecule has 0 bridgehead atoms. The molecule has 1 heterocycles. The van der Waals surface area contributed by atoms with Gasteiger partial charge in [0.1, 0.15) is 0 Å². The van der Waals surface area contributed by atoms with Gasteiger partial charge >= 0.3 is 11.6 Å². The molecule has 0 aliphatic heterocycles. The SMILES string of the molecule is Cc1c(C(=O)NCCNC(=O)C(C)c2ccc(CC(C)C)cc2)no[n+]1[O-]. The van der Waals surface area contributed by atoms with Crippen LogP contribution in [0.5, 0.6) is 0 Å². The van der Waals surface area contributed by atoms with E-state index in [2.05, 4.69) is 46.4 Å². The summed E-state index contributed by atoms with van der Waals surface area (Å²) in [4.78, 5) is 24.3. The van der Waals surface area contributed by atoms with Crippen LogP contribution < -0.4 is 15.5 Å². The van der Waals surface area contributed by atoms with Gasteiger partial charge in [0.15, 0.2) is 0 Å². The van der Waals surface area contributed by atoms with E-state index in [0.717, 1.165) is 12.0 Å². The quantitative estimate of drug-likeness (QED) is 0.537. The molecule has 0 saturated carbocycles. The minimum Gasteiger partial charge on any atom is -0.359 e. The highest BCUT2D eigenvalue weighted by atomic mass is 16.8. The molecular weight excluding hydrogens is 348 g/mol. The van der Waals surface area contributed by atoms with Gasteiger partial charge in [-0.25, -0.2) is 0 Å². The Labute approximate surface area is 158 Å². The lowest BCUT2D eigenvalue weighted by Gasteiger charge is -2.14. The number of nitrogens with one attached hydrogen (secondary N) is 2. The molecule has 8 nitrogen and oxygen atoms in total. The molecule has 0 saturated heterocycles. The van der Waals surface area contributed by atoms with Gasteiger partial charge in [-0.2, -0.15) is 0 Å². The normalized spacial score (nSPS) is 12.0. The van der Waals surface area contributed by atoms with Crippen molar-refractivity contribution in [3.63, 3.8) is 0 Å². The molecule has 1 unspecified atom stereocenters. The monoisotopic (exact) mass is 374 g/mol. The average molecular weight is 374 g/mol. The summed E-state index contributed by atoms with van der Waals surface area (Å²) in [5.74, 6) is -0.331. The molecule has 0 radical (unpaired) electrons. The fraction of sp³-hybridized carbons (Fsp3) is 0.474. The van der Waals surface area contributed by atoms with Gasteiger partial charge in [-0.15, -0.1) is 0 Å². The number of rotatable bonds is 8. The molecule has 2 amide bonds. The van der Waals surface area contributed by atoms with Gasteiger partial charge in [-0.1, -0.05) is 38.1 Å². The Morgan fingerprint density at radius 1 is 1.15 bits per heavy atom. The third-order valence-corrected chi connectivity index (χ3v) is 4.26. The molecule has 0 spiro atoms. The Kier molecular flexibility index (Phi) is 6.92. The molecule has 0 aliphatic rings. The fourth-order valence-electron chi connectivity index (χ4n) is 2.66. The van der Waals surface area contributed by atoms with Crippen molar-refractivity contribution in [3.05, 3.63) is 52.0 Å². The van der Waals surface area contributed by atoms with E-state index >= 15 is 0 Å². The largest absolute Gasteiger partial charge is 0.359 e. The van der Waals surface area contributed by atoms with E-state index in [0.29, 0.717) is 5.92 Å². The standard InChI is InChI=1S/C19H26N4O4/c1-12(2)11-15-5-7-16(8-6-15)13(3)18(24)20-9-10-21-19(25)17-14(4)23(26)27-22-17/h5-8,12-13H,9-11H2,1-4H3,(H,20,24)(H,21,25). The lowest BCUT2D eigenvalue weighted by Crippen LogP contribution is -2.37. The Balaban J connectivity index is 1.78. The van der Waals surface area contributed by atoms with Gasteiger partial charge in [-0.3, -0.25) is 14.2 Å². The first-order valence-corrected chi connectivity index (χ1v) is 9.00. The molecule has 1 aromatic carbocycles. The van der Waals surface area contributed by atoms with Gasteiger partial charge in [0.2, 0.25) is 11.6 Å². The van der Waals surface area contributed by atoms with Crippen LogP contribution in [0.2, 0.25) is 0 Å². The zero-order valence-electron chi connectivity index (χ0n) is 16.1. The first-order valence-electron chi connectivity index (χ1n) is 9.00.